The molecule has 0 atom stereocenters. The molecule has 0 saturated carbocycles. The smallest absolute Gasteiger partial charge is 0.174 e. The molecular formula is C16H14O3. The first kappa shape index (κ1) is 13.0. The topological polar surface area (TPSA) is 54.4 Å². The summed E-state index contributed by atoms with van der Waals surface area (Å²) in [7, 11) is 0. The number of phenolic OH excluding ortho intramolecular Hbond substituents is 1. The fourth-order valence-electron chi connectivity index (χ4n) is 1.84. The summed E-state index contributed by atoms with van der Waals surface area (Å²) in [6.45, 7) is 1.82. The van der Waals surface area contributed by atoms with E-state index < -0.39 is 0 Å². The number of benzene rings is 2. The Kier molecular flexibility index (Phi) is 3.76. The van der Waals surface area contributed by atoms with Crippen molar-refractivity contribution in [3.05, 3.63) is 65.2 Å². The predicted octanol–water partition coefficient (Wildman–Crippen LogP) is 3.16. The lowest BCUT2D eigenvalue weighted by molar-refractivity contribution is 0.0893. The van der Waals surface area contributed by atoms with Gasteiger partial charge in [-0.2, -0.15) is 0 Å². The van der Waals surface area contributed by atoms with Crippen LogP contribution in [0.3, 0.4) is 0 Å². The first-order valence-electron chi connectivity index (χ1n) is 5.99. The molecule has 0 aliphatic rings. The third-order valence-corrected chi connectivity index (χ3v) is 2.87. The maximum atomic E-state index is 12.0. The van der Waals surface area contributed by atoms with Crippen molar-refractivity contribution in [1.82, 2.24) is 0 Å². The normalized spacial score (nSPS) is 10.2. The van der Waals surface area contributed by atoms with E-state index in [0.29, 0.717) is 5.56 Å². The second-order valence-electron chi connectivity index (χ2n) is 4.41. The summed E-state index contributed by atoms with van der Waals surface area (Å²) in [5.41, 5.74) is 1.56. The van der Waals surface area contributed by atoms with Crippen molar-refractivity contribution >= 4 is 11.6 Å². The van der Waals surface area contributed by atoms with Gasteiger partial charge in [0.2, 0.25) is 0 Å². The molecule has 0 bridgehead atoms. The number of carbonyl (C=O) groups excluding carboxylic acids is 2. The van der Waals surface area contributed by atoms with Crippen molar-refractivity contribution in [3.63, 3.8) is 0 Å². The molecule has 0 aliphatic heterocycles. The SMILES string of the molecule is Cc1ccc(C(=O)CC(=O)c2ccccc2)c(O)c1. The van der Waals surface area contributed by atoms with Crippen molar-refractivity contribution in [2.45, 2.75) is 13.3 Å². The van der Waals surface area contributed by atoms with Gasteiger partial charge in [0.05, 0.1) is 12.0 Å². The van der Waals surface area contributed by atoms with E-state index in [0.717, 1.165) is 5.56 Å². The molecule has 0 aliphatic carbocycles. The Bertz CT molecular complexity index is 615. The zero-order valence-corrected chi connectivity index (χ0v) is 10.6. The van der Waals surface area contributed by atoms with Gasteiger partial charge in [0, 0.05) is 5.56 Å². The molecule has 2 aromatic carbocycles. The molecule has 0 spiro atoms. The monoisotopic (exact) mass is 254 g/mol. The zero-order chi connectivity index (χ0) is 13.8. The molecule has 1 N–H and O–H groups in total. The molecule has 96 valence electrons. The quantitative estimate of drug-likeness (QED) is 0.673. The van der Waals surface area contributed by atoms with E-state index in [2.05, 4.69) is 0 Å². The summed E-state index contributed by atoms with van der Waals surface area (Å²) >= 11 is 0. The Hall–Kier alpha value is -2.42. The van der Waals surface area contributed by atoms with Gasteiger partial charge in [-0.05, 0) is 24.6 Å². The van der Waals surface area contributed by atoms with Crippen LogP contribution in [0.1, 0.15) is 32.7 Å². The van der Waals surface area contributed by atoms with E-state index >= 15 is 0 Å². The highest BCUT2D eigenvalue weighted by Crippen LogP contribution is 2.20. The molecule has 3 nitrogen and oxygen atoms in total. The van der Waals surface area contributed by atoms with E-state index in [4.69, 9.17) is 0 Å². The molecule has 2 rings (SSSR count). The summed E-state index contributed by atoms with van der Waals surface area (Å²) < 4.78 is 0. The molecule has 0 aromatic heterocycles. The highest BCUT2D eigenvalue weighted by Gasteiger charge is 2.16. The third kappa shape index (κ3) is 3.07. The number of phenols is 1. The van der Waals surface area contributed by atoms with Gasteiger partial charge in [0.25, 0.3) is 0 Å². The van der Waals surface area contributed by atoms with Crippen molar-refractivity contribution in [2.24, 2.45) is 0 Å². The van der Waals surface area contributed by atoms with Crippen LogP contribution in [-0.2, 0) is 0 Å². The highest BCUT2D eigenvalue weighted by molar-refractivity contribution is 6.14. The lowest BCUT2D eigenvalue weighted by atomic mass is 10.00. The molecule has 0 radical (unpaired) electrons. The highest BCUT2D eigenvalue weighted by atomic mass is 16.3. The fourth-order valence-corrected chi connectivity index (χ4v) is 1.84. The minimum Gasteiger partial charge on any atom is -0.507 e. The summed E-state index contributed by atoms with van der Waals surface area (Å²) in [4.78, 5) is 23.9. The van der Waals surface area contributed by atoms with E-state index in [1.807, 2.05) is 13.0 Å². The Morgan fingerprint density at radius 2 is 1.68 bits per heavy atom. The minimum atomic E-state index is -0.369. The van der Waals surface area contributed by atoms with Gasteiger partial charge in [-0.3, -0.25) is 9.59 Å². The number of rotatable bonds is 4. The molecule has 0 unspecified atom stereocenters. The molecule has 3 heteroatoms. The molecule has 2 aromatic rings. The van der Waals surface area contributed by atoms with Crippen molar-refractivity contribution in [3.8, 4) is 5.75 Å². The van der Waals surface area contributed by atoms with Crippen LogP contribution in [0.25, 0.3) is 0 Å². The Labute approximate surface area is 111 Å². The van der Waals surface area contributed by atoms with Crippen LogP contribution in [0.15, 0.2) is 48.5 Å². The molecule has 19 heavy (non-hydrogen) atoms. The number of Topliss-reactive ketones (excluding diaryl/α,β-unsaturated/α-hetero) is 2. The van der Waals surface area contributed by atoms with E-state index in [9.17, 15) is 14.7 Å². The zero-order valence-electron chi connectivity index (χ0n) is 10.6. The Morgan fingerprint density at radius 3 is 2.32 bits per heavy atom. The minimum absolute atomic E-state index is 0.0779. The van der Waals surface area contributed by atoms with Crippen LogP contribution in [0.4, 0.5) is 0 Å². The average molecular weight is 254 g/mol. The van der Waals surface area contributed by atoms with Crippen molar-refractivity contribution in [1.29, 1.82) is 0 Å². The maximum absolute atomic E-state index is 12.0. The predicted molar refractivity (Wildman–Crippen MR) is 72.6 cm³/mol. The summed E-state index contributed by atoms with van der Waals surface area (Å²) in [5, 5.41) is 9.71. The van der Waals surface area contributed by atoms with Crippen molar-refractivity contribution < 1.29 is 14.7 Å². The maximum Gasteiger partial charge on any atom is 0.174 e. The van der Waals surface area contributed by atoms with Gasteiger partial charge < -0.3 is 5.11 Å². The largest absolute Gasteiger partial charge is 0.507 e. The van der Waals surface area contributed by atoms with Crippen molar-refractivity contribution in [2.75, 3.05) is 0 Å². The molecule has 0 heterocycles. The number of ketones is 2. The number of aryl methyl sites for hydroxylation is 1. The van der Waals surface area contributed by atoms with Crippen LogP contribution in [-0.4, -0.2) is 16.7 Å². The van der Waals surface area contributed by atoms with Crippen LogP contribution < -0.4 is 0 Å². The number of hydrogen-bond donors (Lipinski definition) is 1. The Balaban J connectivity index is 2.15. The number of carbonyl (C=O) groups is 2. The Morgan fingerprint density at radius 1 is 1.00 bits per heavy atom. The number of aromatic hydroxyl groups is 1. The first-order chi connectivity index (χ1) is 9.08. The first-order valence-corrected chi connectivity index (χ1v) is 5.99. The summed E-state index contributed by atoms with van der Waals surface area (Å²) in [6, 6.07) is 13.5. The van der Waals surface area contributed by atoms with E-state index in [-0.39, 0.29) is 29.3 Å². The lowest BCUT2D eigenvalue weighted by Gasteiger charge is -2.04. The van der Waals surface area contributed by atoms with Crippen LogP contribution in [0.5, 0.6) is 5.75 Å². The van der Waals surface area contributed by atoms with E-state index in [1.54, 1.807) is 36.4 Å². The van der Waals surface area contributed by atoms with Gasteiger partial charge in [-0.1, -0.05) is 36.4 Å². The molecule has 0 saturated heterocycles. The third-order valence-electron chi connectivity index (χ3n) is 2.87. The average Bonchev–Trinajstić information content (AvgIpc) is 2.39. The second kappa shape index (κ2) is 5.48. The molecule has 0 fully saturated rings. The van der Waals surface area contributed by atoms with Gasteiger partial charge in [0.15, 0.2) is 11.6 Å². The van der Waals surface area contributed by atoms with Crippen LogP contribution in [0, 0.1) is 6.92 Å². The molecule has 0 amide bonds. The van der Waals surface area contributed by atoms with E-state index in [1.165, 1.54) is 6.07 Å². The summed E-state index contributed by atoms with van der Waals surface area (Å²) in [6.07, 6.45) is -0.235. The summed E-state index contributed by atoms with van der Waals surface area (Å²) in [5.74, 6) is -0.692. The second-order valence-corrected chi connectivity index (χ2v) is 4.41. The standard InChI is InChI=1S/C16H14O3/c1-11-7-8-13(15(18)9-11)16(19)10-14(17)12-5-3-2-4-6-12/h2-9,18H,10H2,1H3. The van der Waals surface area contributed by atoms with Crippen LogP contribution in [0.2, 0.25) is 0 Å². The van der Waals surface area contributed by atoms with Gasteiger partial charge in [0.1, 0.15) is 5.75 Å². The van der Waals surface area contributed by atoms with Gasteiger partial charge >= 0.3 is 0 Å². The molecular weight excluding hydrogens is 240 g/mol. The fraction of sp³-hybridized carbons (Fsp3) is 0.125. The number of hydrogen-bond acceptors (Lipinski definition) is 3. The van der Waals surface area contributed by atoms with Gasteiger partial charge in [-0.25, -0.2) is 0 Å². The lowest BCUT2D eigenvalue weighted by Crippen LogP contribution is -2.08. The van der Waals surface area contributed by atoms with Gasteiger partial charge in [-0.15, -0.1) is 0 Å². The van der Waals surface area contributed by atoms with Crippen LogP contribution >= 0.6 is 0 Å².